The molecule has 0 aliphatic carbocycles. The first-order valence-electron chi connectivity index (χ1n) is 7.17. The summed E-state index contributed by atoms with van der Waals surface area (Å²) in [6, 6.07) is 5.75. The Morgan fingerprint density at radius 1 is 1.33 bits per heavy atom. The molecule has 5 heteroatoms. The van der Waals surface area contributed by atoms with Crippen molar-refractivity contribution in [2.45, 2.75) is 39.7 Å². The van der Waals surface area contributed by atoms with Gasteiger partial charge in [0.1, 0.15) is 17.0 Å². The molecular weight excluding hydrogens is 268 g/mol. The molecule has 0 radical (unpaired) electrons. The van der Waals surface area contributed by atoms with Gasteiger partial charge in [-0.3, -0.25) is 4.79 Å². The molecule has 0 aliphatic rings. The third kappa shape index (κ3) is 2.60. The molecule has 0 spiro atoms. The van der Waals surface area contributed by atoms with Crippen LogP contribution in [-0.2, 0) is 21.5 Å². The minimum absolute atomic E-state index is 0.262. The van der Waals surface area contributed by atoms with E-state index in [0.29, 0.717) is 12.4 Å². The van der Waals surface area contributed by atoms with E-state index in [-0.39, 0.29) is 5.97 Å². The van der Waals surface area contributed by atoms with Gasteiger partial charge in [-0.2, -0.15) is 0 Å². The highest BCUT2D eigenvalue weighted by Crippen LogP contribution is 2.29. The largest absolute Gasteiger partial charge is 0.497 e. The van der Waals surface area contributed by atoms with Crippen molar-refractivity contribution in [2.75, 3.05) is 13.7 Å². The maximum absolute atomic E-state index is 12.2. The predicted octanol–water partition coefficient (Wildman–Crippen LogP) is 2.91. The highest BCUT2D eigenvalue weighted by Gasteiger charge is 2.36. The summed E-state index contributed by atoms with van der Waals surface area (Å²) in [5, 5.41) is 0. The van der Waals surface area contributed by atoms with Crippen LogP contribution in [0.5, 0.6) is 5.75 Å². The van der Waals surface area contributed by atoms with Gasteiger partial charge in [0.15, 0.2) is 0 Å². The number of fused-ring (bicyclic) bond motifs is 1. The summed E-state index contributed by atoms with van der Waals surface area (Å²) >= 11 is 0. The molecule has 0 amide bonds. The number of nitrogens with zero attached hydrogens (tertiary/aromatic N) is 2. The van der Waals surface area contributed by atoms with Gasteiger partial charge in [0.25, 0.3) is 0 Å². The van der Waals surface area contributed by atoms with Gasteiger partial charge in [-0.25, -0.2) is 4.98 Å². The van der Waals surface area contributed by atoms with E-state index in [2.05, 4.69) is 4.98 Å². The van der Waals surface area contributed by atoms with Crippen LogP contribution in [0.25, 0.3) is 11.0 Å². The van der Waals surface area contributed by atoms with Crippen LogP contribution < -0.4 is 4.74 Å². The van der Waals surface area contributed by atoms with Gasteiger partial charge in [-0.1, -0.05) is 0 Å². The molecule has 21 heavy (non-hydrogen) atoms. The second-order valence-corrected chi connectivity index (χ2v) is 5.38. The molecule has 5 nitrogen and oxygen atoms in total. The molecule has 2 aromatic rings. The average Bonchev–Trinajstić information content (AvgIpc) is 2.85. The van der Waals surface area contributed by atoms with Crippen LogP contribution in [0.4, 0.5) is 0 Å². The number of methoxy groups -OCH3 is 1. The number of carbonyl (C=O) groups excluding carboxylic acids is 1. The van der Waals surface area contributed by atoms with Gasteiger partial charge in [-0.15, -0.1) is 0 Å². The Kier molecular flexibility index (Phi) is 4.21. The minimum atomic E-state index is -0.793. The fraction of sp³-hybridized carbons (Fsp3) is 0.500. The van der Waals surface area contributed by atoms with E-state index in [1.807, 2.05) is 50.5 Å². The van der Waals surface area contributed by atoms with Crippen LogP contribution in [0, 0.1) is 0 Å². The Morgan fingerprint density at radius 3 is 2.62 bits per heavy atom. The molecule has 2 rings (SSSR count). The maximum Gasteiger partial charge on any atom is 0.319 e. The quantitative estimate of drug-likeness (QED) is 0.795. The summed E-state index contributed by atoms with van der Waals surface area (Å²) in [6.07, 6.45) is 0. The van der Waals surface area contributed by atoms with Gasteiger partial charge >= 0.3 is 5.97 Å². The van der Waals surface area contributed by atoms with E-state index in [4.69, 9.17) is 9.47 Å². The normalized spacial score (nSPS) is 11.7. The first kappa shape index (κ1) is 15.4. The third-order valence-electron chi connectivity index (χ3n) is 3.62. The van der Waals surface area contributed by atoms with E-state index < -0.39 is 5.41 Å². The number of aryl methyl sites for hydroxylation is 1. The van der Waals surface area contributed by atoms with Crippen molar-refractivity contribution < 1.29 is 14.3 Å². The summed E-state index contributed by atoms with van der Waals surface area (Å²) in [4.78, 5) is 16.9. The first-order valence-corrected chi connectivity index (χ1v) is 7.17. The molecule has 0 bridgehead atoms. The van der Waals surface area contributed by atoms with Gasteiger partial charge in [0, 0.05) is 12.6 Å². The second kappa shape index (κ2) is 5.76. The number of aromatic nitrogens is 2. The number of hydrogen-bond acceptors (Lipinski definition) is 4. The molecule has 1 aromatic heterocycles. The molecule has 1 aromatic carbocycles. The molecule has 0 N–H and O–H groups in total. The van der Waals surface area contributed by atoms with Crippen molar-refractivity contribution in [1.82, 2.24) is 9.55 Å². The zero-order valence-corrected chi connectivity index (χ0v) is 13.3. The molecular formula is C16H22N2O3. The lowest BCUT2D eigenvalue weighted by molar-refractivity contribution is -0.149. The van der Waals surface area contributed by atoms with E-state index in [1.54, 1.807) is 7.11 Å². The van der Waals surface area contributed by atoms with E-state index in [1.165, 1.54) is 0 Å². The minimum Gasteiger partial charge on any atom is -0.497 e. The molecule has 0 saturated carbocycles. The number of rotatable bonds is 5. The monoisotopic (exact) mass is 290 g/mol. The smallest absolute Gasteiger partial charge is 0.319 e. The van der Waals surface area contributed by atoms with Gasteiger partial charge < -0.3 is 14.0 Å². The summed E-state index contributed by atoms with van der Waals surface area (Å²) in [5.41, 5.74) is 1.02. The van der Waals surface area contributed by atoms with Crippen molar-refractivity contribution in [3.05, 3.63) is 24.0 Å². The standard InChI is InChI=1S/C16H22N2O3/c1-6-18-13-9-8-11(20-5)10-12(13)17-14(18)16(3,4)15(19)21-7-2/h8-10H,6-7H2,1-5H3. The number of imidazole rings is 1. The van der Waals surface area contributed by atoms with E-state index in [0.717, 1.165) is 23.3 Å². The van der Waals surface area contributed by atoms with Crippen molar-refractivity contribution in [3.63, 3.8) is 0 Å². The van der Waals surface area contributed by atoms with Gasteiger partial charge in [0.2, 0.25) is 0 Å². The number of ether oxygens (including phenoxy) is 2. The fourth-order valence-electron chi connectivity index (χ4n) is 2.44. The summed E-state index contributed by atoms with van der Waals surface area (Å²) in [6.45, 7) is 8.63. The summed E-state index contributed by atoms with van der Waals surface area (Å²) in [7, 11) is 1.63. The van der Waals surface area contributed by atoms with Crippen molar-refractivity contribution in [2.24, 2.45) is 0 Å². The Labute approximate surface area is 124 Å². The molecule has 0 saturated heterocycles. The number of carbonyl (C=O) groups is 1. The highest BCUT2D eigenvalue weighted by molar-refractivity contribution is 5.84. The number of esters is 1. The summed E-state index contributed by atoms with van der Waals surface area (Å²) < 4.78 is 12.5. The van der Waals surface area contributed by atoms with Gasteiger partial charge in [-0.05, 0) is 39.8 Å². The molecule has 1 heterocycles. The Bertz CT molecular complexity index is 659. The van der Waals surface area contributed by atoms with E-state index >= 15 is 0 Å². The lowest BCUT2D eigenvalue weighted by atomic mass is 9.92. The van der Waals surface area contributed by atoms with Crippen molar-refractivity contribution >= 4 is 17.0 Å². The second-order valence-electron chi connectivity index (χ2n) is 5.38. The predicted molar refractivity (Wildman–Crippen MR) is 81.6 cm³/mol. The van der Waals surface area contributed by atoms with Gasteiger partial charge in [0.05, 0.1) is 24.8 Å². The fourth-order valence-corrected chi connectivity index (χ4v) is 2.44. The lowest BCUT2D eigenvalue weighted by Crippen LogP contribution is -2.34. The topological polar surface area (TPSA) is 53.4 Å². The third-order valence-corrected chi connectivity index (χ3v) is 3.62. The molecule has 0 atom stereocenters. The molecule has 0 fully saturated rings. The van der Waals surface area contributed by atoms with Crippen molar-refractivity contribution in [3.8, 4) is 5.75 Å². The van der Waals surface area contributed by atoms with Crippen LogP contribution in [0.2, 0.25) is 0 Å². The summed E-state index contributed by atoms with van der Waals surface area (Å²) in [5.74, 6) is 1.21. The van der Waals surface area contributed by atoms with Crippen molar-refractivity contribution in [1.29, 1.82) is 0 Å². The molecule has 0 aliphatic heterocycles. The zero-order chi connectivity index (χ0) is 15.6. The Balaban J connectivity index is 2.60. The number of benzene rings is 1. The molecule has 114 valence electrons. The number of hydrogen-bond donors (Lipinski definition) is 0. The Hall–Kier alpha value is -2.04. The van der Waals surface area contributed by atoms with Crippen LogP contribution in [-0.4, -0.2) is 29.2 Å². The maximum atomic E-state index is 12.2. The van der Waals surface area contributed by atoms with E-state index in [9.17, 15) is 4.79 Å². The van der Waals surface area contributed by atoms with Crippen LogP contribution in [0.15, 0.2) is 18.2 Å². The highest BCUT2D eigenvalue weighted by atomic mass is 16.5. The molecule has 0 unspecified atom stereocenters. The van der Waals surface area contributed by atoms with Crippen LogP contribution >= 0.6 is 0 Å². The van der Waals surface area contributed by atoms with Crippen LogP contribution in [0.3, 0.4) is 0 Å². The zero-order valence-electron chi connectivity index (χ0n) is 13.3. The van der Waals surface area contributed by atoms with Crippen LogP contribution in [0.1, 0.15) is 33.5 Å². The SMILES string of the molecule is CCOC(=O)C(C)(C)c1nc2cc(OC)ccc2n1CC. The lowest BCUT2D eigenvalue weighted by Gasteiger charge is -2.22. The first-order chi connectivity index (χ1) is 9.95. The Morgan fingerprint density at radius 2 is 2.05 bits per heavy atom. The average molecular weight is 290 g/mol.